The molecule has 1 aromatic heterocycles. The standard InChI is InChI=1S/C6H2FN2/c7-6-1-5(2-8)3-9-4-6/h1,4H. The molecule has 0 saturated heterocycles. The van der Waals surface area contributed by atoms with Crippen LogP contribution in [0.1, 0.15) is 5.56 Å². The summed E-state index contributed by atoms with van der Waals surface area (Å²) in [5, 5.41) is 8.17. The number of hydrogen-bond acceptors (Lipinski definition) is 2. The van der Waals surface area contributed by atoms with Gasteiger partial charge in [-0.2, -0.15) is 5.26 Å². The van der Waals surface area contributed by atoms with Gasteiger partial charge in [-0.1, -0.05) is 0 Å². The van der Waals surface area contributed by atoms with E-state index in [9.17, 15) is 4.39 Å². The van der Waals surface area contributed by atoms with Gasteiger partial charge in [0.25, 0.3) is 0 Å². The van der Waals surface area contributed by atoms with E-state index in [1.807, 2.05) is 0 Å². The minimum Gasteiger partial charge on any atom is -0.250 e. The smallest absolute Gasteiger partial charge is 0.142 e. The maximum Gasteiger partial charge on any atom is 0.142 e. The highest BCUT2D eigenvalue weighted by Gasteiger charge is 1.91. The molecule has 1 heterocycles. The molecule has 2 nitrogen and oxygen atoms in total. The third-order valence-corrected chi connectivity index (χ3v) is 0.776. The number of pyridine rings is 1. The van der Waals surface area contributed by atoms with Crippen LogP contribution in [-0.4, -0.2) is 4.98 Å². The molecule has 1 rings (SSSR count). The highest BCUT2D eigenvalue weighted by Crippen LogP contribution is 1.96. The summed E-state index contributed by atoms with van der Waals surface area (Å²) in [6, 6.07) is 2.79. The molecule has 0 aliphatic heterocycles. The Hall–Kier alpha value is -1.43. The van der Waals surface area contributed by atoms with Gasteiger partial charge in [0, 0.05) is 0 Å². The van der Waals surface area contributed by atoms with Crippen LogP contribution >= 0.6 is 0 Å². The first kappa shape index (κ1) is 5.70. The second-order valence-corrected chi connectivity index (χ2v) is 1.42. The van der Waals surface area contributed by atoms with E-state index in [0.717, 1.165) is 12.3 Å². The first-order valence-electron chi connectivity index (χ1n) is 2.26. The third-order valence-electron chi connectivity index (χ3n) is 0.776. The van der Waals surface area contributed by atoms with Crippen molar-refractivity contribution in [1.82, 2.24) is 4.98 Å². The van der Waals surface area contributed by atoms with Crippen molar-refractivity contribution in [3.8, 4) is 6.07 Å². The summed E-state index contributed by atoms with van der Waals surface area (Å²) in [5.41, 5.74) is 0.120. The first-order valence-corrected chi connectivity index (χ1v) is 2.26. The number of halogens is 1. The number of hydrogen-bond donors (Lipinski definition) is 0. The van der Waals surface area contributed by atoms with Gasteiger partial charge in [-0.15, -0.1) is 0 Å². The van der Waals surface area contributed by atoms with Crippen molar-refractivity contribution in [2.75, 3.05) is 0 Å². The van der Waals surface area contributed by atoms with Crippen molar-refractivity contribution in [2.45, 2.75) is 0 Å². The van der Waals surface area contributed by atoms with Crippen molar-refractivity contribution in [1.29, 1.82) is 5.26 Å². The fourth-order valence-electron chi connectivity index (χ4n) is 0.428. The number of rotatable bonds is 0. The fraction of sp³-hybridized carbons (Fsp3) is 0. The summed E-state index contributed by atoms with van der Waals surface area (Å²) in [4.78, 5) is 3.33. The quantitative estimate of drug-likeness (QED) is 0.511. The Morgan fingerprint density at radius 1 is 1.78 bits per heavy atom. The Morgan fingerprint density at radius 3 is 3.00 bits per heavy atom. The van der Waals surface area contributed by atoms with E-state index in [2.05, 4.69) is 11.2 Å². The maximum absolute atomic E-state index is 12.1. The van der Waals surface area contributed by atoms with Crippen LogP contribution < -0.4 is 0 Å². The molecule has 0 aliphatic rings. The van der Waals surface area contributed by atoms with E-state index < -0.39 is 5.82 Å². The van der Waals surface area contributed by atoms with Crippen LogP contribution in [0.2, 0.25) is 0 Å². The lowest BCUT2D eigenvalue weighted by Gasteiger charge is -1.83. The summed E-state index contributed by atoms with van der Waals surface area (Å²) in [5.74, 6) is -0.509. The molecule has 0 N–H and O–H groups in total. The molecule has 0 saturated carbocycles. The lowest BCUT2D eigenvalue weighted by atomic mass is 10.3. The molecule has 3 heteroatoms. The topological polar surface area (TPSA) is 36.7 Å². The third kappa shape index (κ3) is 1.23. The molecule has 1 aromatic rings. The maximum atomic E-state index is 12.1. The van der Waals surface area contributed by atoms with Gasteiger partial charge in [-0.3, -0.25) is 4.98 Å². The molecule has 0 amide bonds. The molecule has 43 valence electrons. The van der Waals surface area contributed by atoms with Gasteiger partial charge in [0.15, 0.2) is 0 Å². The monoisotopic (exact) mass is 121 g/mol. The Morgan fingerprint density at radius 2 is 2.56 bits per heavy atom. The van der Waals surface area contributed by atoms with E-state index in [4.69, 9.17) is 5.26 Å². The predicted molar refractivity (Wildman–Crippen MR) is 27.7 cm³/mol. The fourth-order valence-corrected chi connectivity index (χ4v) is 0.428. The lowest BCUT2D eigenvalue weighted by molar-refractivity contribution is 0.620. The van der Waals surface area contributed by atoms with E-state index in [0.29, 0.717) is 0 Å². The Bertz CT molecular complexity index is 251. The van der Waals surface area contributed by atoms with Crippen molar-refractivity contribution >= 4 is 0 Å². The SMILES string of the molecule is N#Cc1[c]ncc(F)c1. The molecule has 0 aliphatic carbocycles. The predicted octanol–water partition coefficient (Wildman–Crippen LogP) is 0.893. The minimum absolute atomic E-state index is 0.120. The summed E-state index contributed by atoms with van der Waals surface area (Å²) in [7, 11) is 0. The van der Waals surface area contributed by atoms with Crippen LogP contribution in [-0.2, 0) is 0 Å². The second kappa shape index (κ2) is 2.23. The Labute approximate surface area is 51.6 Å². The van der Waals surface area contributed by atoms with E-state index in [-0.39, 0.29) is 5.56 Å². The molecule has 0 fully saturated rings. The average molecular weight is 121 g/mol. The highest BCUT2D eigenvalue weighted by molar-refractivity contribution is 5.23. The minimum atomic E-state index is -0.509. The zero-order valence-corrected chi connectivity index (χ0v) is 4.43. The molecular formula is C6H2FN2. The van der Waals surface area contributed by atoms with Crippen LogP contribution in [0.4, 0.5) is 4.39 Å². The lowest BCUT2D eigenvalue weighted by Crippen LogP contribution is -1.80. The zero-order valence-electron chi connectivity index (χ0n) is 4.43. The molecule has 0 aromatic carbocycles. The van der Waals surface area contributed by atoms with Crippen LogP contribution in [0, 0.1) is 23.3 Å². The van der Waals surface area contributed by atoms with Crippen LogP contribution in [0.15, 0.2) is 12.3 Å². The second-order valence-electron chi connectivity index (χ2n) is 1.42. The zero-order chi connectivity index (χ0) is 6.69. The van der Waals surface area contributed by atoms with Crippen molar-refractivity contribution in [3.05, 3.63) is 29.8 Å². The molecule has 9 heavy (non-hydrogen) atoms. The molecule has 1 radical (unpaired) electrons. The van der Waals surface area contributed by atoms with Crippen molar-refractivity contribution in [3.63, 3.8) is 0 Å². The van der Waals surface area contributed by atoms with Gasteiger partial charge in [0.2, 0.25) is 0 Å². The highest BCUT2D eigenvalue weighted by atomic mass is 19.1. The van der Waals surface area contributed by atoms with Gasteiger partial charge in [0.05, 0.1) is 11.8 Å². The summed E-state index contributed by atoms with van der Waals surface area (Å²) in [6.45, 7) is 0. The van der Waals surface area contributed by atoms with Crippen LogP contribution in [0.5, 0.6) is 0 Å². The largest absolute Gasteiger partial charge is 0.250 e. The van der Waals surface area contributed by atoms with Gasteiger partial charge in [-0.25, -0.2) is 4.39 Å². The van der Waals surface area contributed by atoms with Gasteiger partial charge in [0.1, 0.15) is 18.1 Å². The molecule has 0 spiro atoms. The number of nitrogens with zero attached hydrogens (tertiary/aromatic N) is 2. The Kier molecular flexibility index (Phi) is 1.41. The molecule has 0 atom stereocenters. The van der Waals surface area contributed by atoms with Gasteiger partial charge < -0.3 is 0 Å². The summed E-state index contributed by atoms with van der Waals surface area (Å²) in [6.07, 6.45) is 3.31. The van der Waals surface area contributed by atoms with Gasteiger partial charge in [-0.05, 0) is 6.07 Å². The van der Waals surface area contributed by atoms with E-state index in [1.165, 1.54) is 0 Å². The van der Waals surface area contributed by atoms with E-state index >= 15 is 0 Å². The van der Waals surface area contributed by atoms with Crippen molar-refractivity contribution < 1.29 is 4.39 Å². The summed E-state index contributed by atoms with van der Waals surface area (Å²) < 4.78 is 12.1. The Balaban J connectivity index is 3.12. The van der Waals surface area contributed by atoms with Crippen LogP contribution in [0.25, 0.3) is 0 Å². The molecular weight excluding hydrogens is 119 g/mol. The number of nitriles is 1. The molecule has 0 unspecified atom stereocenters. The van der Waals surface area contributed by atoms with Crippen molar-refractivity contribution in [2.24, 2.45) is 0 Å². The molecule has 0 bridgehead atoms. The average Bonchev–Trinajstić information content (AvgIpc) is 1.88. The summed E-state index contributed by atoms with van der Waals surface area (Å²) >= 11 is 0. The number of aromatic nitrogens is 1. The van der Waals surface area contributed by atoms with E-state index in [1.54, 1.807) is 6.07 Å². The normalized spacial score (nSPS) is 8.44. The first-order chi connectivity index (χ1) is 4.33. The van der Waals surface area contributed by atoms with Gasteiger partial charge >= 0.3 is 0 Å². The van der Waals surface area contributed by atoms with Crippen LogP contribution in [0.3, 0.4) is 0 Å².